The van der Waals surface area contributed by atoms with Gasteiger partial charge < -0.3 is 19.8 Å². The fourth-order valence-corrected chi connectivity index (χ4v) is 3.16. The van der Waals surface area contributed by atoms with Crippen LogP contribution in [0.3, 0.4) is 0 Å². The maximum absolute atomic E-state index is 12.4. The van der Waals surface area contributed by atoms with Crippen LogP contribution < -0.4 is 10.2 Å². The van der Waals surface area contributed by atoms with E-state index in [1.165, 1.54) is 6.26 Å². The minimum Gasteiger partial charge on any atom is -0.393 e. The monoisotopic (exact) mass is 379 g/mol. The van der Waals surface area contributed by atoms with Gasteiger partial charge in [-0.2, -0.15) is 0 Å². The molecule has 1 aliphatic rings. The zero-order valence-electron chi connectivity index (χ0n) is 15.3. The van der Waals surface area contributed by atoms with Gasteiger partial charge >= 0.3 is 0 Å². The van der Waals surface area contributed by atoms with Crippen molar-refractivity contribution in [3.05, 3.63) is 60.1 Å². The lowest BCUT2D eigenvalue weighted by Gasteiger charge is -2.30. The van der Waals surface area contributed by atoms with Crippen LogP contribution in [-0.2, 0) is 6.54 Å². The van der Waals surface area contributed by atoms with Crippen molar-refractivity contribution in [1.82, 2.24) is 20.4 Å². The summed E-state index contributed by atoms with van der Waals surface area (Å²) in [6, 6.07) is 10.8. The van der Waals surface area contributed by atoms with Crippen molar-refractivity contribution in [2.24, 2.45) is 0 Å². The molecule has 0 radical (unpaired) electrons. The van der Waals surface area contributed by atoms with E-state index in [1.54, 1.807) is 24.4 Å². The summed E-state index contributed by atoms with van der Waals surface area (Å²) in [4.78, 5) is 23.6. The third-order valence-corrected chi connectivity index (χ3v) is 4.73. The Labute approximate surface area is 162 Å². The van der Waals surface area contributed by atoms with E-state index in [0.717, 1.165) is 37.3 Å². The van der Waals surface area contributed by atoms with Gasteiger partial charge in [-0.15, -0.1) is 0 Å². The van der Waals surface area contributed by atoms with Crippen LogP contribution in [0.1, 0.15) is 28.9 Å². The van der Waals surface area contributed by atoms with Crippen molar-refractivity contribution in [3.63, 3.8) is 0 Å². The number of benzene rings is 1. The molecule has 2 aromatic heterocycles. The maximum atomic E-state index is 12.4. The number of amides is 1. The topological polar surface area (TPSA) is 104 Å². The van der Waals surface area contributed by atoms with Crippen LogP contribution in [0.5, 0.6) is 0 Å². The van der Waals surface area contributed by atoms with E-state index < -0.39 is 0 Å². The first kappa shape index (κ1) is 18.1. The third kappa shape index (κ3) is 4.17. The second-order valence-corrected chi connectivity index (χ2v) is 6.71. The second kappa shape index (κ2) is 8.18. The van der Waals surface area contributed by atoms with Crippen molar-refractivity contribution in [3.8, 4) is 11.4 Å². The number of aliphatic hydroxyl groups is 1. The van der Waals surface area contributed by atoms with Crippen molar-refractivity contribution in [2.75, 3.05) is 18.0 Å². The number of anilines is 1. The highest BCUT2D eigenvalue weighted by Crippen LogP contribution is 2.22. The van der Waals surface area contributed by atoms with Crippen LogP contribution in [0, 0.1) is 0 Å². The minimum atomic E-state index is -0.231. The van der Waals surface area contributed by atoms with Crippen LogP contribution >= 0.6 is 0 Å². The summed E-state index contributed by atoms with van der Waals surface area (Å²) in [5.74, 6) is 1.19. The molecule has 0 bridgehead atoms. The van der Waals surface area contributed by atoms with Crippen LogP contribution in [0.15, 0.2) is 53.4 Å². The molecule has 1 aliphatic heterocycles. The number of nitrogens with zero attached hydrogens (tertiary/aromatic N) is 4. The molecule has 8 heteroatoms. The van der Waals surface area contributed by atoms with Gasteiger partial charge in [0.15, 0.2) is 5.82 Å². The molecule has 0 unspecified atom stereocenters. The van der Waals surface area contributed by atoms with E-state index in [-0.39, 0.29) is 12.0 Å². The van der Waals surface area contributed by atoms with Gasteiger partial charge in [0, 0.05) is 36.5 Å². The van der Waals surface area contributed by atoms with Gasteiger partial charge in [0.25, 0.3) is 5.91 Å². The molecule has 28 heavy (non-hydrogen) atoms. The molecule has 1 fully saturated rings. The predicted octanol–water partition coefficient (Wildman–Crippen LogP) is 2.02. The molecular formula is C20H21N5O3. The number of carbonyl (C=O) groups is 1. The van der Waals surface area contributed by atoms with Gasteiger partial charge in [0.1, 0.15) is 17.8 Å². The summed E-state index contributed by atoms with van der Waals surface area (Å²) in [5.41, 5.74) is 1.95. The Kier molecular flexibility index (Phi) is 5.29. The molecule has 1 aromatic carbocycles. The minimum absolute atomic E-state index is 0.203. The first-order chi connectivity index (χ1) is 13.7. The molecule has 0 aliphatic carbocycles. The van der Waals surface area contributed by atoms with Crippen molar-refractivity contribution >= 4 is 11.7 Å². The fourth-order valence-electron chi connectivity index (χ4n) is 3.16. The van der Waals surface area contributed by atoms with Crippen LogP contribution in [0.4, 0.5) is 5.82 Å². The molecular weight excluding hydrogens is 358 g/mol. The van der Waals surface area contributed by atoms with Gasteiger partial charge in [-0.05, 0) is 31.0 Å². The predicted molar refractivity (Wildman–Crippen MR) is 103 cm³/mol. The molecule has 0 atom stereocenters. The number of carbonyl (C=O) groups excluding carboxylic acids is 1. The Hall–Kier alpha value is -3.26. The zero-order chi connectivity index (χ0) is 19.3. The number of aromatic nitrogens is 3. The molecule has 3 heterocycles. The molecule has 2 N–H and O–H groups in total. The van der Waals surface area contributed by atoms with Crippen LogP contribution in [0.2, 0.25) is 0 Å². The first-order valence-electron chi connectivity index (χ1n) is 9.23. The van der Waals surface area contributed by atoms with E-state index in [0.29, 0.717) is 23.6 Å². The quantitative estimate of drug-likeness (QED) is 0.699. The maximum Gasteiger partial charge on any atom is 0.251 e. The standard InChI is InChI=1S/C20H21N5O3/c26-17-5-9-25(10-6-17)18-4-8-21-19(23-18)14-2-1-3-15(12-14)20(27)22-13-16-7-11-28-24-16/h1-4,7-8,11-12,17,26H,5-6,9-10,13H2,(H,22,27). The molecule has 1 amide bonds. The average molecular weight is 379 g/mol. The molecule has 144 valence electrons. The summed E-state index contributed by atoms with van der Waals surface area (Å²) in [6.45, 7) is 1.83. The summed E-state index contributed by atoms with van der Waals surface area (Å²) in [7, 11) is 0. The summed E-state index contributed by atoms with van der Waals surface area (Å²) >= 11 is 0. The molecule has 0 saturated carbocycles. The zero-order valence-corrected chi connectivity index (χ0v) is 15.3. The lowest BCUT2D eigenvalue weighted by Crippen LogP contribution is -2.36. The Morgan fingerprint density at radius 2 is 2.11 bits per heavy atom. The Morgan fingerprint density at radius 3 is 2.89 bits per heavy atom. The Balaban J connectivity index is 1.49. The second-order valence-electron chi connectivity index (χ2n) is 6.71. The average Bonchev–Trinajstić information content (AvgIpc) is 3.26. The van der Waals surface area contributed by atoms with E-state index in [9.17, 15) is 9.90 Å². The van der Waals surface area contributed by atoms with Gasteiger partial charge in [-0.1, -0.05) is 17.3 Å². The summed E-state index contributed by atoms with van der Waals surface area (Å²) in [5, 5.41) is 16.3. The van der Waals surface area contributed by atoms with E-state index in [4.69, 9.17) is 4.52 Å². The first-order valence-corrected chi connectivity index (χ1v) is 9.23. The van der Waals surface area contributed by atoms with Gasteiger partial charge in [0.05, 0.1) is 12.6 Å². The highest BCUT2D eigenvalue weighted by atomic mass is 16.5. The summed E-state index contributed by atoms with van der Waals surface area (Å²) in [6.07, 6.45) is 4.43. The molecule has 1 saturated heterocycles. The van der Waals surface area contributed by atoms with Gasteiger partial charge in [0.2, 0.25) is 0 Å². The fraction of sp³-hybridized carbons (Fsp3) is 0.300. The smallest absolute Gasteiger partial charge is 0.251 e. The highest BCUT2D eigenvalue weighted by Gasteiger charge is 2.19. The van der Waals surface area contributed by atoms with Crippen LogP contribution in [0.25, 0.3) is 11.4 Å². The van der Waals surface area contributed by atoms with Gasteiger partial charge in [-0.3, -0.25) is 4.79 Å². The molecule has 4 rings (SSSR count). The van der Waals surface area contributed by atoms with E-state index >= 15 is 0 Å². The normalized spacial score (nSPS) is 14.8. The molecule has 3 aromatic rings. The van der Waals surface area contributed by atoms with Crippen molar-refractivity contribution in [2.45, 2.75) is 25.5 Å². The molecule has 0 spiro atoms. The lowest BCUT2D eigenvalue weighted by molar-refractivity contribution is 0.0950. The number of piperidine rings is 1. The number of aliphatic hydroxyl groups excluding tert-OH is 1. The van der Waals surface area contributed by atoms with Crippen LogP contribution in [-0.4, -0.2) is 45.3 Å². The lowest BCUT2D eigenvalue weighted by atomic mass is 10.1. The van der Waals surface area contributed by atoms with Crippen molar-refractivity contribution < 1.29 is 14.4 Å². The highest BCUT2D eigenvalue weighted by molar-refractivity contribution is 5.95. The molecule has 8 nitrogen and oxygen atoms in total. The third-order valence-electron chi connectivity index (χ3n) is 4.73. The van der Waals surface area contributed by atoms with E-state index in [2.05, 4.69) is 25.3 Å². The number of hydrogen-bond donors (Lipinski definition) is 2. The largest absolute Gasteiger partial charge is 0.393 e. The Morgan fingerprint density at radius 1 is 1.25 bits per heavy atom. The SMILES string of the molecule is O=C(NCc1ccon1)c1cccc(-c2nccc(N3CCC(O)CC3)n2)c1. The van der Waals surface area contributed by atoms with Gasteiger partial charge in [-0.25, -0.2) is 9.97 Å². The number of rotatable bonds is 5. The number of hydrogen-bond acceptors (Lipinski definition) is 7. The summed E-state index contributed by atoms with van der Waals surface area (Å²) < 4.78 is 4.76. The van der Waals surface area contributed by atoms with E-state index in [1.807, 2.05) is 18.2 Å². The Bertz CT molecular complexity index is 937. The van der Waals surface area contributed by atoms with Crippen molar-refractivity contribution in [1.29, 1.82) is 0 Å². The number of nitrogens with one attached hydrogen (secondary N) is 1.